The van der Waals surface area contributed by atoms with E-state index in [2.05, 4.69) is 37.4 Å². The molecule has 0 radical (unpaired) electrons. The van der Waals surface area contributed by atoms with Crippen molar-refractivity contribution in [1.82, 2.24) is 15.5 Å². The summed E-state index contributed by atoms with van der Waals surface area (Å²) >= 11 is 1.74. The number of rotatable bonds is 5. The fraction of sp³-hybridized carbons (Fsp3) is 0.667. The molecule has 6 heteroatoms. The highest BCUT2D eigenvalue weighted by molar-refractivity contribution is 14.0. The molecule has 0 aromatic carbocycles. The number of hydrogen-bond acceptors (Lipinski definition) is 3. The molecule has 4 nitrogen and oxygen atoms in total. The number of nitrogens with zero attached hydrogens (tertiary/aromatic N) is 2. The predicted octanol–water partition coefficient (Wildman–Crippen LogP) is 2.52. The van der Waals surface area contributed by atoms with Gasteiger partial charge in [0.1, 0.15) is 0 Å². The van der Waals surface area contributed by atoms with Gasteiger partial charge in [0.2, 0.25) is 0 Å². The second kappa shape index (κ2) is 8.33. The fourth-order valence-electron chi connectivity index (χ4n) is 2.84. The molecular formula is C15H25IN4S. The van der Waals surface area contributed by atoms with Crippen molar-refractivity contribution in [2.45, 2.75) is 31.8 Å². The topological polar surface area (TPSA) is 39.7 Å². The van der Waals surface area contributed by atoms with Gasteiger partial charge in [0.05, 0.1) is 0 Å². The first-order chi connectivity index (χ1) is 9.85. The lowest BCUT2D eigenvalue weighted by Crippen LogP contribution is -2.39. The minimum Gasteiger partial charge on any atom is -0.356 e. The monoisotopic (exact) mass is 420 g/mol. The maximum absolute atomic E-state index is 4.30. The molecule has 2 N–H and O–H groups in total. The van der Waals surface area contributed by atoms with E-state index in [-0.39, 0.29) is 24.0 Å². The third kappa shape index (κ3) is 5.10. The maximum atomic E-state index is 4.30. The first-order valence-electron chi connectivity index (χ1n) is 7.55. The van der Waals surface area contributed by atoms with Crippen LogP contribution in [-0.2, 0) is 6.54 Å². The Balaban J connectivity index is 0.00000161. The van der Waals surface area contributed by atoms with E-state index in [1.807, 2.05) is 7.05 Å². The lowest BCUT2D eigenvalue weighted by molar-refractivity contribution is 0.314. The third-order valence-electron chi connectivity index (χ3n) is 4.20. The number of nitrogens with one attached hydrogen (secondary N) is 2. The molecule has 1 atom stereocenters. The minimum absolute atomic E-state index is 0. The van der Waals surface area contributed by atoms with E-state index in [0.717, 1.165) is 31.0 Å². The lowest BCUT2D eigenvalue weighted by atomic mass is 10.1. The number of aliphatic imine (C=N–C) groups is 1. The van der Waals surface area contributed by atoms with Crippen molar-refractivity contribution in [3.8, 4) is 0 Å². The zero-order valence-electron chi connectivity index (χ0n) is 12.5. The summed E-state index contributed by atoms with van der Waals surface area (Å²) in [5.41, 5.74) is 1.32. The van der Waals surface area contributed by atoms with Gasteiger partial charge < -0.3 is 15.5 Å². The molecule has 2 aliphatic rings. The van der Waals surface area contributed by atoms with Crippen LogP contribution in [0.4, 0.5) is 0 Å². The van der Waals surface area contributed by atoms with Crippen LogP contribution in [-0.4, -0.2) is 43.6 Å². The molecule has 2 fully saturated rings. The molecule has 3 rings (SSSR count). The Morgan fingerprint density at radius 1 is 1.38 bits per heavy atom. The van der Waals surface area contributed by atoms with Crippen LogP contribution in [0.15, 0.2) is 21.8 Å². The summed E-state index contributed by atoms with van der Waals surface area (Å²) in [7, 11) is 1.84. The molecule has 1 saturated heterocycles. The van der Waals surface area contributed by atoms with Gasteiger partial charge in [0, 0.05) is 32.7 Å². The van der Waals surface area contributed by atoms with Crippen molar-refractivity contribution in [2.75, 3.05) is 26.7 Å². The summed E-state index contributed by atoms with van der Waals surface area (Å²) in [6.07, 6.45) is 4.17. The van der Waals surface area contributed by atoms with E-state index >= 15 is 0 Å². The SMILES string of the molecule is CN=C(NCc1ccsc1)NCC1CCN(C2CC2)C1.I. The van der Waals surface area contributed by atoms with Gasteiger partial charge in [-0.2, -0.15) is 11.3 Å². The number of likely N-dealkylation sites (tertiary alicyclic amines) is 1. The van der Waals surface area contributed by atoms with Crippen molar-refractivity contribution in [3.63, 3.8) is 0 Å². The fourth-order valence-corrected chi connectivity index (χ4v) is 3.51. The predicted molar refractivity (Wildman–Crippen MR) is 101 cm³/mol. The molecule has 0 spiro atoms. The Hall–Kier alpha value is -0.340. The molecule has 1 unspecified atom stereocenters. The molecule has 1 saturated carbocycles. The van der Waals surface area contributed by atoms with E-state index in [9.17, 15) is 0 Å². The summed E-state index contributed by atoms with van der Waals surface area (Å²) in [5, 5.41) is 11.1. The highest BCUT2D eigenvalue weighted by Crippen LogP contribution is 2.31. The van der Waals surface area contributed by atoms with Crippen LogP contribution in [0.25, 0.3) is 0 Å². The molecule has 0 bridgehead atoms. The van der Waals surface area contributed by atoms with E-state index < -0.39 is 0 Å². The summed E-state index contributed by atoms with van der Waals surface area (Å²) < 4.78 is 0. The molecule has 1 aromatic rings. The Morgan fingerprint density at radius 3 is 2.90 bits per heavy atom. The van der Waals surface area contributed by atoms with Crippen LogP contribution < -0.4 is 10.6 Å². The molecule has 0 amide bonds. The zero-order chi connectivity index (χ0) is 13.8. The van der Waals surface area contributed by atoms with Gasteiger partial charge in [-0.1, -0.05) is 0 Å². The second-order valence-electron chi connectivity index (χ2n) is 5.82. The van der Waals surface area contributed by atoms with Crippen molar-refractivity contribution < 1.29 is 0 Å². The van der Waals surface area contributed by atoms with Crippen LogP contribution in [0.2, 0.25) is 0 Å². The minimum atomic E-state index is 0. The summed E-state index contributed by atoms with van der Waals surface area (Å²) in [4.78, 5) is 6.96. The number of halogens is 1. The molecule has 21 heavy (non-hydrogen) atoms. The molecule has 1 aliphatic carbocycles. The van der Waals surface area contributed by atoms with Gasteiger partial charge in [-0.25, -0.2) is 0 Å². The average molecular weight is 420 g/mol. The molecular weight excluding hydrogens is 395 g/mol. The quantitative estimate of drug-likeness (QED) is 0.437. The van der Waals surface area contributed by atoms with Crippen molar-refractivity contribution >= 4 is 41.3 Å². The number of hydrogen-bond donors (Lipinski definition) is 2. The van der Waals surface area contributed by atoms with Crippen molar-refractivity contribution in [2.24, 2.45) is 10.9 Å². The standard InChI is InChI=1S/C15H24N4S.HI/c1-16-15(18-9-13-5-7-20-11-13)17-8-12-4-6-19(10-12)14-2-3-14;/h5,7,11-12,14H,2-4,6,8-10H2,1H3,(H2,16,17,18);1H. The first kappa shape index (κ1) is 17.0. The van der Waals surface area contributed by atoms with Crippen LogP contribution in [0, 0.1) is 5.92 Å². The highest BCUT2D eigenvalue weighted by Gasteiger charge is 2.34. The zero-order valence-corrected chi connectivity index (χ0v) is 15.7. The summed E-state index contributed by atoms with van der Waals surface area (Å²) in [6.45, 7) is 4.44. The lowest BCUT2D eigenvalue weighted by Gasteiger charge is -2.17. The maximum Gasteiger partial charge on any atom is 0.191 e. The van der Waals surface area contributed by atoms with Gasteiger partial charge in [0.25, 0.3) is 0 Å². The Morgan fingerprint density at radius 2 is 2.24 bits per heavy atom. The largest absolute Gasteiger partial charge is 0.356 e. The Bertz CT molecular complexity index is 445. The smallest absolute Gasteiger partial charge is 0.191 e. The van der Waals surface area contributed by atoms with E-state index in [1.165, 1.54) is 37.9 Å². The Kier molecular flexibility index (Phi) is 6.75. The molecule has 1 aliphatic heterocycles. The van der Waals surface area contributed by atoms with Crippen molar-refractivity contribution in [1.29, 1.82) is 0 Å². The normalized spacial score (nSPS) is 22.9. The van der Waals surface area contributed by atoms with E-state index in [4.69, 9.17) is 0 Å². The third-order valence-corrected chi connectivity index (χ3v) is 4.93. The van der Waals surface area contributed by atoms with E-state index in [1.54, 1.807) is 11.3 Å². The first-order valence-corrected chi connectivity index (χ1v) is 8.49. The summed E-state index contributed by atoms with van der Waals surface area (Å²) in [6, 6.07) is 3.06. The number of guanidine groups is 1. The van der Waals surface area contributed by atoms with Crippen LogP contribution in [0.5, 0.6) is 0 Å². The Labute approximate surface area is 148 Å². The van der Waals surface area contributed by atoms with Gasteiger partial charge in [-0.05, 0) is 54.1 Å². The summed E-state index contributed by atoms with van der Waals surface area (Å²) in [5.74, 6) is 1.69. The molecule has 2 heterocycles. The van der Waals surface area contributed by atoms with Crippen LogP contribution in [0.1, 0.15) is 24.8 Å². The van der Waals surface area contributed by atoms with Crippen LogP contribution >= 0.6 is 35.3 Å². The number of thiophene rings is 1. The van der Waals surface area contributed by atoms with Gasteiger partial charge in [-0.3, -0.25) is 4.99 Å². The highest BCUT2D eigenvalue weighted by atomic mass is 127. The molecule has 1 aromatic heterocycles. The second-order valence-corrected chi connectivity index (χ2v) is 6.60. The van der Waals surface area contributed by atoms with Gasteiger partial charge in [-0.15, -0.1) is 24.0 Å². The van der Waals surface area contributed by atoms with Crippen LogP contribution in [0.3, 0.4) is 0 Å². The van der Waals surface area contributed by atoms with E-state index in [0.29, 0.717) is 0 Å². The molecule has 118 valence electrons. The van der Waals surface area contributed by atoms with Gasteiger partial charge >= 0.3 is 0 Å². The average Bonchev–Trinajstić information content (AvgIpc) is 3.01. The van der Waals surface area contributed by atoms with Crippen molar-refractivity contribution in [3.05, 3.63) is 22.4 Å². The van der Waals surface area contributed by atoms with Gasteiger partial charge in [0.15, 0.2) is 5.96 Å².